The van der Waals surface area contributed by atoms with Crippen LogP contribution in [0.5, 0.6) is 0 Å². The minimum absolute atomic E-state index is 0.0379. The number of carbonyl (C=O) groups excluding carboxylic acids is 1. The molecule has 2 aromatic heterocycles. The van der Waals surface area contributed by atoms with E-state index in [0.717, 1.165) is 4.68 Å². The first-order chi connectivity index (χ1) is 13.3. The van der Waals surface area contributed by atoms with E-state index in [1.54, 1.807) is 56.0 Å². The van der Waals surface area contributed by atoms with Crippen LogP contribution in [0.25, 0.3) is 16.9 Å². The fraction of sp³-hybridized carbons (Fsp3) is 0.263. The van der Waals surface area contributed by atoms with Crippen LogP contribution in [-0.2, 0) is 7.05 Å². The topological polar surface area (TPSA) is 102 Å². The van der Waals surface area contributed by atoms with E-state index in [4.69, 9.17) is 11.6 Å². The maximum atomic E-state index is 13.1. The van der Waals surface area contributed by atoms with Gasteiger partial charge in [0.1, 0.15) is 11.3 Å². The van der Waals surface area contributed by atoms with Crippen molar-refractivity contribution in [2.24, 2.45) is 7.05 Å². The second-order valence-corrected chi connectivity index (χ2v) is 6.94. The van der Waals surface area contributed by atoms with Gasteiger partial charge in [-0.3, -0.25) is 14.3 Å². The van der Waals surface area contributed by atoms with Gasteiger partial charge in [-0.15, -0.1) is 0 Å². The lowest BCUT2D eigenvalue weighted by molar-refractivity contribution is 0.0919. The third-order valence-corrected chi connectivity index (χ3v) is 4.52. The Morgan fingerprint density at radius 1 is 1.32 bits per heavy atom. The highest BCUT2D eigenvalue weighted by Crippen LogP contribution is 2.24. The molecule has 0 aliphatic carbocycles. The Hall–Kier alpha value is -2.97. The molecular weight excluding hydrogens is 382 g/mol. The lowest BCUT2D eigenvalue weighted by Crippen LogP contribution is -2.40. The van der Waals surface area contributed by atoms with Crippen molar-refractivity contribution < 1.29 is 9.90 Å². The van der Waals surface area contributed by atoms with Crippen LogP contribution in [0.4, 0.5) is 0 Å². The SMILES string of the molecule is Cc1c(-c2ccc(Cl)cc2)nn(-c2cnn(C)c2)c(=O)c1C(=O)N[C@@H](C)CO. The number of aliphatic hydroxyl groups excluding tert-OH is 1. The van der Waals surface area contributed by atoms with Crippen LogP contribution in [0, 0.1) is 6.92 Å². The van der Waals surface area contributed by atoms with Crippen molar-refractivity contribution in [1.82, 2.24) is 24.9 Å². The Morgan fingerprint density at radius 2 is 2.00 bits per heavy atom. The number of aryl methyl sites for hydroxylation is 1. The number of carbonyl (C=O) groups is 1. The molecule has 0 saturated heterocycles. The first kappa shape index (κ1) is 19.8. The van der Waals surface area contributed by atoms with Crippen LogP contribution < -0.4 is 10.9 Å². The molecule has 9 heteroatoms. The van der Waals surface area contributed by atoms with Crippen molar-refractivity contribution in [2.45, 2.75) is 19.9 Å². The summed E-state index contributed by atoms with van der Waals surface area (Å²) in [5.41, 5.74) is 1.46. The van der Waals surface area contributed by atoms with E-state index in [2.05, 4.69) is 15.5 Å². The van der Waals surface area contributed by atoms with Gasteiger partial charge in [-0.25, -0.2) is 0 Å². The van der Waals surface area contributed by atoms with Gasteiger partial charge < -0.3 is 10.4 Å². The molecule has 2 heterocycles. The third kappa shape index (κ3) is 3.83. The minimum atomic E-state index is -0.570. The molecule has 0 radical (unpaired) electrons. The molecule has 146 valence electrons. The zero-order valence-corrected chi connectivity index (χ0v) is 16.4. The lowest BCUT2D eigenvalue weighted by Gasteiger charge is -2.16. The summed E-state index contributed by atoms with van der Waals surface area (Å²) in [6, 6.07) is 6.47. The summed E-state index contributed by atoms with van der Waals surface area (Å²) < 4.78 is 2.70. The van der Waals surface area contributed by atoms with Crippen molar-refractivity contribution in [3.05, 3.63) is 63.2 Å². The molecule has 8 nitrogen and oxygen atoms in total. The van der Waals surface area contributed by atoms with Gasteiger partial charge in [-0.05, 0) is 31.5 Å². The molecule has 1 aromatic carbocycles. The number of hydrogen-bond acceptors (Lipinski definition) is 5. The fourth-order valence-electron chi connectivity index (χ4n) is 2.79. The first-order valence-electron chi connectivity index (χ1n) is 8.62. The quantitative estimate of drug-likeness (QED) is 0.677. The van der Waals surface area contributed by atoms with E-state index in [9.17, 15) is 14.7 Å². The number of hydrogen-bond donors (Lipinski definition) is 2. The van der Waals surface area contributed by atoms with Gasteiger partial charge in [0.25, 0.3) is 11.5 Å². The second kappa shape index (κ2) is 7.95. The van der Waals surface area contributed by atoms with E-state index in [1.165, 1.54) is 6.20 Å². The van der Waals surface area contributed by atoms with E-state index >= 15 is 0 Å². The standard InChI is InChI=1S/C19H20ClN5O3/c1-11(10-26)22-18(27)16-12(2)17(13-4-6-14(20)7-5-13)23-25(19(16)28)15-8-21-24(3)9-15/h4-9,11,26H,10H2,1-3H3,(H,22,27)/t11-/m0/s1. The predicted octanol–water partition coefficient (Wildman–Crippen LogP) is 1.71. The Balaban J connectivity index is 2.25. The number of halogens is 1. The van der Waals surface area contributed by atoms with Crippen LogP contribution in [0.1, 0.15) is 22.8 Å². The van der Waals surface area contributed by atoms with Crippen LogP contribution in [-0.4, -0.2) is 43.2 Å². The van der Waals surface area contributed by atoms with Crippen LogP contribution in [0.15, 0.2) is 41.5 Å². The summed E-state index contributed by atoms with van der Waals surface area (Å²) in [5, 5.41) is 21.0. The number of aliphatic hydroxyl groups is 1. The highest BCUT2D eigenvalue weighted by Gasteiger charge is 2.23. The van der Waals surface area contributed by atoms with Gasteiger partial charge in [0.15, 0.2) is 0 Å². The van der Waals surface area contributed by atoms with Gasteiger partial charge in [-0.1, -0.05) is 23.7 Å². The maximum Gasteiger partial charge on any atom is 0.284 e. The van der Waals surface area contributed by atoms with Crippen LogP contribution >= 0.6 is 11.6 Å². The number of nitrogens with one attached hydrogen (secondary N) is 1. The van der Waals surface area contributed by atoms with Gasteiger partial charge in [0.2, 0.25) is 0 Å². The highest BCUT2D eigenvalue weighted by molar-refractivity contribution is 6.30. The van der Waals surface area contributed by atoms with Gasteiger partial charge >= 0.3 is 0 Å². The molecule has 1 amide bonds. The molecule has 0 aliphatic rings. The highest BCUT2D eigenvalue weighted by atomic mass is 35.5. The molecule has 3 aromatic rings. The predicted molar refractivity (Wildman–Crippen MR) is 106 cm³/mol. The van der Waals surface area contributed by atoms with Gasteiger partial charge in [0, 0.05) is 23.7 Å². The molecule has 0 aliphatic heterocycles. The fourth-order valence-corrected chi connectivity index (χ4v) is 2.91. The minimum Gasteiger partial charge on any atom is -0.394 e. The largest absolute Gasteiger partial charge is 0.394 e. The molecular formula is C19H20ClN5O3. The Labute approximate surface area is 166 Å². The summed E-state index contributed by atoms with van der Waals surface area (Å²) in [6.07, 6.45) is 3.13. The van der Waals surface area contributed by atoms with E-state index in [-0.39, 0.29) is 12.2 Å². The van der Waals surface area contributed by atoms with Crippen molar-refractivity contribution in [3.8, 4) is 16.9 Å². The smallest absolute Gasteiger partial charge is 0.284 e. The average Bonchev–Trinajstić information content (AvgIpc) is 3.09. The molecule has 28 heavy (non-hydrogen) atoms. The zero-order valence-electron chi connectivity index (χ0n) is 15.7. The van der Waals surface area contributed by atoms with Crippen molar-refractivity contribution in [2.75, 3.05) is 6.61 Å². The van der Waals surface area contributed by atoms with Crippen molar-refractivity contribution in [3.63, 3.8) is 0 Å². The maximum absolute atomic E-state index is 13.1. The monoisotopic (exact) mass is 401 g/mol. The molecule has 2 N–H and O–H groups in total. The Bertz CT molecular complexity index is 1070. The molecule has 0 bridgehead atoms. The normalized spacial score (nSPS) is 12.0. The average molecular weight is 402 g/mol. The lowest BCUT2D eigenvalue weighted by atomic mass is 10.0. The first-order valence-corrected chi connectivity index (χ1v) is 9.00. The molecule has 0 fully saturated rings. The van der Waals surface area contributed by atoms with Crippen molar-refractivity contribution in [1.29, 1.82) is 0 Å². The van der Waals surface area contributed by atoms with Gasteiger partial charge in [-0.2, -0.15) is 14.9 Å². The van der Waals surface area contributed by atoms with Crippen LogP contribution in [0.2, 0.25) is 5.02 Å². The van der Waals surface area contributed by atoms with E-state index < -0.39 is 17.5 Å². The molecule has 3 rings (SSSR count). The number of benzene rings is 1. The van der Waals surface area contributed by atoms with Crippen LogP contribution in [0.3, 0.4) is 0 Å². The van der Waals surface area contributed by atoms with E-state index in [0.29, 0.717) is 27.5 Å². The molecule has 0 saturated carbocycles. The molecule has 0 unspecified atom stereocenters. The number of aromatic nitrogens is 4. The Morgan fingerprint density at radius 3 is 2.57 bits per heavy atom. The second-order valence-electron chi connectivity index (χ2n) is 6.50. The third-order valence-electron chi connectivity index (χ3n) is 4.27. The summed E-state index contributed by atoms with van der Waals surface area (Å²) in [4.78, 5) is 25.8. The molecule has 1 atom stereocenters. The summed E-state index contributed by atoms with van der Waals surface area (Å²) in [5.74, 6) is -0.570. The zero-order chi connectivity index (χ0) is 20.4. The number of amides is 1. The number of rotatable bonds is 5. The van der Waals surface area contributed by atoms with Gasteiger partial charge in [0.05, 0.1) is 24.7 Å². The summed E-state index contributed by atoms with van der Waals surface area (Å²) in [6.45, 7) is 3.08. The number of nitrogens with zero attached hydrogens (tertiary/aromatic N) is 4. The molecule has 0 spiro atoms. The van der Waals surface area contributed by atoms with E-state index in [1.807, 2.05) is 0 Å². The summed E-state index contributed by atoms with van der Waals surface area (Å²) in [7, 11) is 1.72. The van der Waals surface area contributed by atoms with Crippen molar-refractivity contribution >= 4 is 17.5 Å². The Kier molecular flexibility index (Phi) is 5.62. The summed E-state index contributed by atoms with van der Waals surface area (Å²) >= 11 is 5.97.